The fourth-order valence-corrected chi connectivity index (χ4v) is 6.45. The normalized spacial score (nSPS) is 14.8. The number of unbranched alkanes of at least 4 members (excludes halogenated alkanes) is 1. The first-order valence-corrected chi connectivity index (χ1v) is 16.5. The topological polar surface area (TPSA) is 59.0 Å². The van der Waals surface area contributed by atoms with Gasteiger partial charge in [0.25, 0.3) is 0 Å². The Kier molecular flexibility index (Phi) is 11.5. The van der Waals surface area contributed by atoms with Crippen LogP contribution in [0.2, 0.25) is 0 Å². The summed E-state index contributed by atoms with van der Waals surface area (Å²) >= 11 is 0. The summed E-state index contributed by atoms with van der Waals surface area (Å²) in [4.78, 5) is 13.9. The predicted octanol–water partition coefficient (Wildman–Crippen LogP) is 7.85. The average molecular weight is 606 g/mol. The summed E-state index contributed by atoms with van der Waals surface area (Å²) in [6.45, 7) is 5.75. The highest BCUT2D eigenvalue weighted by atomic mass is 16.5. The summed E-state index contributed by atoms with van der Waals surface area (Å²) in [5.41, 5.74) is 10.7. The van der Waals surface area contributed by atoms with Crippen LogP contribution in [0.1, 0.15) is 77.2 Å². The van der Waals surface area contributed by atoms with Gasteiger partial charge in [-0.1, -0.05) is 92.2 Å². The minimum atomic E-state index is -0.938. The van der Waals surface area contributed by atoms with Gasteiger partial charge in [-0.3, -0.25) is 4.90 Å². The Morgan fingerprint density at radius 1 is 0.844 bits per heavy atom. The zero-order chi connectivity index (χ0) is 31.6. The van der Waals surface area contributed by atoms with Crippen LogP contribution in [0.4, 0.5) is 0 Å². The molecule has 2 unspecified atom stereocenters. The van der Waals surface area contributed by atoms with Crippen molar-refractivity contribution in [3.8, 4) is 5.75 Å². The standard InChI is InChI=1S/C40H47NO4/c1-4-6-10-30-13-17-33-18-19-34-26-32(25-29-11-8-7-9-12-29)16-22-36(34)39(37(33)27-30)41(3)23-24-45-35-20-14-31(15-21-35)28-38(40(42)43)44-5-2/h7-9,11-17,20-22,26-27,38-39H,4-6,10,18-19,23-25,28H2,1-3H3,(H,42,43). The smallest absolute Gasteiger partial charge is 0.333 e. The zero-order valence-electron chi connectivity index (χ0n) is 27.0. The van der Waals surface area contributed by atoms with Gasteiger partial charge in [0.05, 0.1) is 6.04 Å². The van der Waals surface area contributed by atoms with Crippen molar-refractivity contribution < 1.29 is 19.4 Å². The Morgan fingerprint density at radius 3 is 2.31 bits per heavy atom. The zero-order valence-corrected chi connectivity index (χ0v) is 27.0. The second kappa shape index (κ2) is 15.9. The molecule has 0 radical (unpaired) electrons. The van der Waals surface area contributed by atoms with Crippen molar-refractivity contribution in [2.24, 2.45) is 0 Å². The molecule has 4 aromatic carbocycles. The number of fused-ring (bicyclic) bond motifs is 2. The summed E-state index contributed by atoms with van der Waals surface area (Å²) in [6.07, 6.45) is 6.03. The molecule has 1 aliphatic carbocycles. The molecule has 0 bridgehead atoms. The molecule has 0 aliphatic heterocycles. The Labute approximate surface area is 268 Å². The third-order valence-electron chi connectivity index (χ3n) is 8.88. The highest BCUT2D eigenvalue weighted by Gasteiger charge is 2.27. The summed E-state index contributed by atoms with van der Waals surface area (Å²) in [5, 5.41) is 9.41. The maximum atomic E-state index is 11.5. The molecule has 0 spiro atoms. The molecule has 1 N–H and O–H groups in total. The molecule has 0 saturated heterocycles. The van der Waals surface area contributed by atoms with Crippen LogP contribution in [0.3, 0.4) is 0 Å². The van der Waals surface area contributed by atoms with Crippen LogP contribution in [0.5, 0.6) is 5.75 Å². The van der Waals surface area contributed by atoms with E-state index in [4.69, 9.17) is 9.47 Å². The Morgan fingerprint density at radius 2 is 1.58 bits per heavy atom. The third kappa shape index (κ3) is 8.62. The third-order valence-corrected chi connectivity index (χ3v) is 8.88. The molecule has 5 heteroatoms. The van der Waals surface area contributed by atoms with Crippen molar-refractivity contribution in [3.63, 3.8) is 0 Å². The minimum absolute atomic E-state index is 0.155. The minimum Gasteiger partial charge on any atom is -0.492 e. The van der Waals surface area contributed by atoms with Gasteiger partial charge in [0.15, 0.2) is 6.10 Å². The highest BCUT2D eigenvalue weighted by Crippen LogP contribution is 2.37. The number of aliphatic carboxylic acids is 1. The van der Waals surface area contributed by atoms with Crippen LogP contribution in [0.15, 0.2) is 91.0 Å². The fraction of sp³-hybridized carbons (Fsp3) is 0.375. The maximum absolute atomic E-state index is 11.5. The van der Waals surface area contributed by atoms with Crippen LogP contribution in [-0.4, -0.2) is 48.9 Å². The van der Waals surface area contributed by atoms with E-state index in [1.807, 2.05) is 31.2 Å². The molecule has 0 aromatic heterocycles. The number of rotatable bonds is 15. The number of carboxylic acids is 1. The van der Waals surface area contributed by atoms with Crippen molar-refractivity contribution in [1.29, 1.82) is 0 Å². The number of benzene rings is 4. The monoisotopic (exact) mass is 605 g/mol. The van der Waals surface area contributed by atoms with E-state index in [1.54, 1.807) is 0 Å². The molecular formula is C40H47NO4. The fourth-order valence-electron chi connectivity index (χ4n) is 6.45. The van der Waals surface area contributed by atoms with E-state index in [1.165, 1.54) is 51.8 Å². The van der Waals surface area contributed by atoms with Gasteiger partial charge in [-0.05, 0) is 103 Å². The van der Waals surface area contributed by atoms with Crippen LogP contribution >= 0.6 is 0 Å². The maximum Gasteiger partial charge on any atom is 0.333 e. The van der Waals surface area contributed by atoms with Crippen LogP contribution < -0.4 is 4.74 Å². The average Bonchev–Trinajstić information content (AvgIpc) is 3.21. The molecule has 0 saturated carbocycles. The van der Waals surface area contributed by atoms with Crippen LogP contribution in [0, 0.1) is 0 Å². The first kappa shape index (κ1) is 32.5. The number of nitrogens with zero attached hydrogens (tertiary/aromatic N) is 1. The molecular weight excluding hydrogens is 558 g/mol. The van der Waals surface area contributed by atoms with Crippen molar-refractivity contribution in [2.45, 2.75) is 70.9 Å². The molecule has 236 valence electrons. The molecule has 5 nitrogen and oxygen atoms in total. The van der Waals surface area contributed by atoms with Crippen molar-refractivity contribution >= 4 is 5.97 Å². The number of aryl methyl sites for hydroxylation is 3. The van der Waals surface area contributed by atoms with E-state index in [-0.39, 0.29) is 6.04 Å². The molecule has 5 rings (SSSR count). The van der Waals surface area contributed by atoms with Gasteiger partial charge in [0.1, 0.15) is 12.4 Å². The molecule has 0 fully saturated rings. The van der Waals surface area contributed by atoms with E-state index in [2.05, 4.69) is 85.6 Å². The SMILES string of the molecule is CCCCc1ccc2c(c1)C(N(C)CCOc1ccc(CC(OCC)C(=O)O)cc1)c1ccc(Cc3ccccc3)cc1CC2. The number of likely N-dealkylation sites (N-methyl/N-ethyl adjacent to an activating group) is 1. The summed E-state index contributed by atoms with van der Waals surface area (Å²) in [7, 11) is 2.21. The molecule has 1 aliphatic rings. The van der Waals surface area contributed by atoms with Gasteiger partial charge in [0, 0.05) is 19.6 Å². The Hall–Kier alpha value is -3.93. The molecule has 0 heterocycles. The van der Waals surface area contributed by atoms with Gasteiger partial charge in [-0.15, -0.1) is 0 Å². The second-order valence-electron chi connectivity index (χ2n) is 12.2. The lowest BCUT2D eigenvalue weighted by atomic mass is 9.90. The van der Waals surface area contributed by atoms with E-state index in [0.29, 0.717) is 19.6 Å². The predicted molar refractivity (Wildman–Crippen MR) is 181 cm³/mol. The number of carbonyl (C=O) groups is 1. The summed E-state index contributed by atoms with van der Waals surface area (Å²) < 4.78 is 11.6. The van der Waals surface area contributed by atoms with Gasteiger partial charge in [-0.25, -0.2) is 4.79 Å². The van der Waals surface area contributed by atoms with Gasteiger partial charge < -0.3 is 14.6 Å². The lowest BCUT2D eigenvalue weighted by molar-refractivity contribution is -0.149. The van der Waals surface area contributed by atoms with Crippen molar-refractivity contribution in [2.75, 3.05) is 26.8 Å². The van der Waals surface area contributed by atoms with Crippen molar-refractivity contribution in [1.82, 2.24) is 4.90 Å². The number of hydrogen-bond acceptors (Lipinski definition) is 4. The highest BCUT2D eigenvalue weighted by molar-refractivity contribution is 5.72. The van der Waals surface area contributed by atoms with Gasteiger partial charge in [-0.2, -0.15) is 0 Å². The van der Waals surface area contributed by atoms with E-state index >= 15 is 0 Å². The first-order chi connectivity index (χ1) is 21.9. The van der Waals surface area contributed by atoms with Crippen molar-refractivity contribution in [3.05, 3.63) is 136 Å². The quantitative estimate of drug-likeness (QED) is 0.150. The largest absolute Gasteiger partial charge is 0.492 e. The van der Waals surface area contributed by atoms with E-state index in [0.717, 1.165) is 43.5 Å². The Bertz CT molecular complexity index is 1530. The van der Waals surface area contributed by atoms with E-state index < -0.39 is 12.1 Å². The van der Waals surface area contributed by atoms with Crippen LogP contribution in [0.25, 0.3) is 0 Å². The van der Waals surface area contributed by atoms with Gasteiger partial charge >= 0.3 is 5.97 Å². The van der Waals surface area contributed by atoms with E-state index in [9.17, 15) is 9.90 Å². The Balaban J connectivity index is 1.33. The summed E-state index contributed by atoms with van der Waals surface area (Å²) in [6, 6.07) is 32.9. The first-order valence-electron chi connectivity index (χ1n) is 16.5. The molecule has 45 heavy (non-hydrogen) atoms. The lowest BCUT2D eigenvalue weighted by Crippen LogP contribution is -2.30. The second-order valence-corrected chi connectivity index (χ2v) is 12.2. The number of carboxylic acid groups (broad SMARTS) is 1. The number of hydrogen-bond donors (Lipinski definition) is 1. The number of ether oxygens (including phenoxy) is 2. The summed E-state index contributed by atoms with van der Waals surface area (Å²) in [5.74, 6) is -0.156. The lowest BCUT2D eigenvalue weighted by Gasteiger charge is -2.31. The molecule has 4 aromatic rings. The van der Waals surface area contributed by atoms with Crippen LogP contribution in [-0.2, 0) is 41.6 Å². The molecule has 0 amide bonds. The molecule has 2 atom stereocenters. The van der Waals surface area contributed by atoms with Gasteiger partial charge in [0.2, 0.25) is 0 Å².